The number of aromatic nitrogens is 1. The molecular weight excluding hydrogens is 244 g/mol. The molecule has 2 rings (SSSR count). The van der Waals surface area contributed by atoms with E-state index in [1.807, 2.05) is 35.0 Å². The van der Waals surface area contributed by atoms with Crippen LogP contribution in [0.25, 0.3) is 0 Å². The molecule has 2 aromatic rings. The number of ether oxygens (including phenoxy) is 1. The van der Waals surface area contributed by atoms with Crippen molar-refractivity contribution in [2.75, 3.05) is 7.11 Å². The number of aryl methyl sites for hydroxylation is 1. The van der Waals surface area contributed by atoms with Gasteiger partial charge in [0.15, 0.2) is 0 Å². The van der Waals surface area contributed by atoms with Gasteiger partial charge in [-0.05, 0) is 25.1 Å². The fourth-order valence-corrected chi connectivity index (χ4v) is 2.18. The summed E-state index contributed by atoms with van der Waals surface area (Å²) in [6.45, 7) is 2.76. The molecule has 0 spiro atoms. The average molecular weight is 260 g/mol. The van der Waals surface area contributed by atoms with Gasteiger partial charge in [0, 0.05) is 11.8 Å². The third-order valence-corrected chi connectivity index (χ3v) is 3.07. The molecule has 18 heavy (non-hydrogen) atoms. The predicted octanol–water partition coefficient (Wildman–Crippen LogP) is 2.49. The van der Waals surface area contributed by atoms with Crippen LogP contribution in [0.1, 0.15) is 16.8 Å². The third kappa shape index (κ3) is 2.54. The number of nitrogens with zero attached hydrogens (tertiary/aromatic N) is 1. The van der Waals surface area contributed by atoms with Crippen molar-refractivity contribution in [3.8, 4) is 5.75 Å². The number of benzene rings is 1. The molecule has 1 heterocycles. The van der Waals surface area contributed by atoms with Crippen LogP contribution in [0.15, 0.2) is 36.5 Å². The highest BCUT2D eigenvalue weighted by Gasteiger charge is 2.08. The van der Waals surface area contributed by atoms with Crippen LogP contribution in [-0.4, -0.2) is 16.7 Å². The van der Waals surface area contributed by atoms with E-state index in [0.717, 1.165) is 17.0 Å². The lowest BCUT2D eigenvalue weighted by molar-refractivity contribution is 0.408. The van der Waals surface area contributed by atoms with Crippen LogP contribution in [0.3, 0.4) is 0 Å². The van der Waals surface area contributed by atoms with E-state index in [4.69, 9.17) is 22.7 Å². The lowest BCUT2D eigenvalue weighted by Crippen LogP contribution is -2.16. The fourth-order valence-electron chi connectivity index (χ4n) is 1.99. The first kappa shape index (κ1) is 12.6. The van der Waals surface area contributed by atoms with Crippen LogP contribution in [0, 0.1) is 6.92 Å². The Balaban J connectivity index is 2.36. The summed E-state index contributed by atoms with van der Waals surface area (Å²) in [4.78, 5) is 0.409. The summed E-state index contributed by atoms with van der Waals surface area (Å²) in [5.74, 6) is 0.878. The lowest BCUT2D eigenvalue weighted by Gasteiger charge is -2.12. The van der Waals surface area contributed by atoms with Gasteiger partial charge >= 0.3 is 0 Å². The van der Waals surface area contributed by atoms with Crippen LogP contribution in [0.5, 0.6) is 5.75 Å². The van der Waals surface area contributed by atoms with E-state index in [0.29, 0.717) is 11.5 Å². The lowest BCUT2D eigenvalue weighted by atomic mass is 10.1. The second kappa shape index (κ2) is 5.23. The average Bonchev–Trinajstić information content (AvgIpc) is 2.77. The quantitative estimate of drug-likeness (QED) is 0.859. The van der Waals surface area contributed by atoms with Crippen molar-refractivity contribution >= 4 is 17.2 Å². The number of methoxy groups -OCH3 is 1. The Labute approximate surface area is 112 Å². The molecule has 94 valence electrons. The zero-order chi connectivity index (χ0) is 13.1. The van der Waals surface area contributed by atoms with Gasteiger partial charge in [0.2, 0.25) is 0 Å². The zero-order valence-electron chi connectivity index (χ0n) is 10.5. The maximum Gasteiger partial charge on any atom is 0.123 e. The highest BCUT2D eigenvalue weighted by Crippen LogP contribution is 2.21. The molecular formula is C14H16N2OS. The summed E-state index contributed by atoms with van der Waals surface area (Å²) < 4.78 is 7.40. The number of rotatable bonds is 4. The molecule has 0 radical (unpaired) electrons. The summed E-state index contributed by atoms with van der Waals surface area (Å²) in [7, 11) is 1.68. The summed E-state index contributed by atoms with van der Waals surface area (Å²) in [5, 5.41) is 0. The minimum Gasteiger partial charge on any atom is -0.496 e. The molecule has 0 amide bonds. The van der Waals surface area contributed by atoms with Crippen molar-refractivity contribution < 1.29 is 4.74 Å². The Bertz CT molecular complexity index is 575. The van der Waals surface area contributed by atoms with Crippen molar-refractivity contribution in [2.24, 2.45) is 5.73 Å². The zero-order valence-corrected chi connectivity index (χ0v) is 11.3. The van der Waals surface area contributed by atoms with Gasteiger partial charge in [-0.3, -0.25) is 0 Å². The van der Waals surface area contributed by atoms with Crippen molar-refractivity contribution in [1.29, 1.82) is 0 Å². The van der Waals surface area contributed by atoms with Crippen molar-refractivity contribution in [2.45, 2.75) is 13.5 Å². The molecule has 0 atom stereocenters. The van der Waals surface area contributed by atoms with E-state index in [-0.39, 0.29) is 0 Å². The number of nitrogens with two attached hydrogens (primary N) is 1. The second-order valence-electron chi connectivity index (χ2n) is 4.20. The van der Waals surface area contributed by atoms with Crippen LogP contribution >= 0.6 is 12.2 Å². The molecule has 0 saturated heterocycles. The van der Waals surface area contributed by atoms with Gasteiger partial charge in [-0.15, -0.1) is 0 Å². The van der Waals surface area contributed by atoms with Gasteiger partial charge in [-0.1, -0.05) is 29.9 Å². The molecule has 0 bridgehead atoms. The third-order valence-electron chi connectivity index (χ3n) is 2.86. The molecule has 0 aliphatic heterocycles. The van der Waals surface area contributed by atoms with Crippen LogP contribution < -0.4 is 10.5 Å². The van der Waals surface area contributed by atoms with Crippen molar-refractivity contribution in [3.63, 3.8) is 0 Å². The summed E-state index contributed by atoms with van der Waals surface area (Å²) in [5.41, 5.74) is 8.88. The Hall–Kier alpha value is -1.81. The van der Waals surface area contributed by atoms with E-state index in [1.165, 1.54) is 5.56 Å². The summed E-state index contributed by atoms with van der Waals surface area (Å²) in [6.07, 6.45) is 1.97. The van der Waals surface area contributed by atoms with E-state index in [1.54, 1.807) is 7.11 Å². The van der Waals surface area contributed by atoms with E-state index >= 15 is 0 Å². The first-order valence-electron chi connectivity index (χ1n) is 5.70. The second-order valence-corrected chi connectivity index (χ2v) is 4.64. The van der Waals surface area contributed by atoms with Crippen LogP contribution in [0.4, 0.5) is 0 Å². The summed E-state index contributed by atoms with van der Waals surface area (Å²) >= 11 is 5.03. The first-order valence-corrected chi connectivity index (χ1v) is 6.11. The highest BCUT2D eigenvalue weighted by molar-refractivity contribution is 7.80. The molecule has 0 fully saturated rings. The normalized spacial score (nSPS) is 10.3. The van der Waals surface area contributed by atoms with Crippen molar-refractivity contribution in [1.82, 2.24) is 4.57 Å². The molecule has 3 nitrogen and oxygen atoms in total. The Kier molecular flexibility index (Phi) is 3.67. The number of hydrogen-bond acceptors (Lipinski definition) is 2. The largest absolute Gasteiger partial charge is 0.496 e. The molecule has 0 saturated carbocycles. The van der Waals surface area contributed by atoms with Gasteiger partial charge in [-0.25, -0.2) is 0 Å². The standard InChI is InChI=1S/C14H16N2OS/c1-10-5-6-13(17-2)11(8-10)9-16-7-3-4-12(16)14(15)18/h3-8H,9H2,1-2H3,(H2,15,18). The van der Waals surface area contributed by atoms with E-state index in [2.05, 4.69) is 13.0 Å². The highest BCUT2D eigenvalue weighted by atomic mass is 32.1. The Morgan fingerprint density at radius 3 is 2.83 bits per heavy atom. The number of hydrogen-bond donors (Lipinski definition) is 1. The Morgan fingerprint density at radius 1 is 1.39 bits per heavy atom. The minimum atomic E-state index is 0.409. The fraction of sp³-hybridized carbons (Fsp3) is 0.214. The molecule has 1 aromatic heterocycles. The maximum absolute atomic E-state index is 5.69. The Morgan fingerprint density at radius 2 is 2.17 bits per heavy atom. The minimum absolute atomic E-state index is 0.409. The van der Waals surface area contributed by atoms with Gasteiger partial charge in [0.05, 0.1) is 19.3 Å². The monoisotopic (exact) mass is 260 g/mol. The molecule has 1 aromatic carbocycles. The SMILES string of the molecule is COc1ccc(C)cc1Cn1cccc1C(N)=S. The molecule has 4 heteroatoms. The summed E-state index contributed by atoms with van der Waals surface area (Å²) in [6, 6.07) is 9.99. The van der Waals surface area contributed by atoms with Gasteiger partial charge in [0.25, 0.3) is 0 Å². The van der Waals surface area contributed by atoms with Crippen molar-refractivity contribution in [3.05, 3.63) is 53.3 Å². The van der Waals surface area contributed by atoms with Crippen LogP contribution in [-0.2, 0) is 6.54 Å². The smallest absolute Gasteiger partial charge is 0.123 e. The molecule has 0 aliphatic carbocycles. The molecule has 2 N–H and O–H groups in total. The van der Waals surface area contributed by atoms with Gasteiger partial charge in [-0.2, -0.15) is 0 Å². The topological polar surface area (TPSA) is 40.2 Å². The van der Waals surface area contributed by atoms with Crippen LogP contribution in [0.2, 0.25) is 0 Å². The van der Waals surface area contributed by atoms with E-state index < -0.39 is 0 Å². The number of thiocarbonyl (C=S) groups is 1. The first-order chi connectivity index (χ1) is 8.61. The van der Waals surface area contributed by atoms with Gasteiger partial charge < -0.3 is 15.0 Å². The maximum atomic E-state index is 5.69. The predicted molar refractivity (Wildman–Crippen MR) is 77.2 cm³/mol. The van der Waals surface area contributed by atoms with Gasteiger partial charge in [0.1, 0.15) is 10.7 Å². The van der Waals surface area contributed by atoms with E-state index in [9.17, 15) is 0 Å². The molecule has 0 aliphatic rings. The molecule has 0 unspecified atom stereocenters.